The molecule has 0 saturated carbocycles. The zero-order chi connectivity index (χ0) is 16.9. The molecule has 0 atom stereocenters. The van der Waals surface area contributed by atoms with Crippen LogP contribution in [0, 0.1) is 0 Å². The van der Waals surface area contributed by atoms with Crippen molar-refractivity contribution in [3.05, 3.63) is 35.4 Å². The normalized spacial score (nSPS) is 16.6. The third kappa shape index (κ3) is 4.68. The number of halogens is 3. The van der Waals surface area contributed by atoms with Crippen molar-refractivity contribution in [2.24, 2.45) is 5.73 Å². The molecule has 2 N–H and O–H groups in total. The number of ether oxygens (including phenoxy) is 1. The van der Waals surface area contributed by atoms with E-state index in [1.807, 2.05) is 0 Å². The summed E-state index contributed by atoms with van der Waals surface area (Å²) in [5, 5.41) is 0. The van der Waals surface area contributed by atoms with Crippen LogP contribution in [0.5, 0.6) is 0 Å². The van der Waals surface area contributed by atoms with Crippen LogP contribution in [-0.2, 0) is 10.9 Å². The molecule has 0 radical (unpaired) electrons. The van der Waals surface area contributed by atoms with Crippen molar-refractivity contribution in [2.75, 3.05) is 26.2 Å². The van der Waals surface area contributed by atoms with Crippen LogP contribution in [-0.4, -0.2) is 43.2 Å². The Labute approximate surface area is 133 Å². The first-order valence-corrected chi connectivity index (χ1v) is 7.70. The van der Waals surface area contributed by atoms with Gasteiger partial charge in [-0.25, -0.2) is 0 Å². The molecule has 0 spiro atoms. The van der Waals surface area contributed by atoms with Gasteiger partial charge < -0.3 is 15.4 Å². The number of nitrogens with zero attached hydrogens (tertiary/aromatic N) is 1. The maximum absolute atomic E-state index is 13.0. The Kier molecular flexibility index (Phi) is 6.01. The van der Waals surface area contributed by atoms with E-state index in [1.165, 1.54) is 23.1 Å². The van der Waals surface area contributed by atoms with E-state index in [1.54, 1.807) is 0 Å². The molecule has 7 heteroatoms. The Hall–Kier alpha value is -1.60. The van der Waals surface area contributed by atoms with Crippen molar-refractivity contribution in [3.63, 3.8) is 0 Å². The Balaban J connectivity index is 1.98. The second-order valence-corrected chi connectivity index (χ2v) is 5.55. The predicted octanol–water partition coefficient (Wildman–Crippen LogP) is 2.68. The summed E-state index contributed by atoms with van der Waals surface area (Å²) in [4.78, 5) is 13.9. The molecule has 4 nitrogen and oxygen atoms in total. The van der Waals surface area contributed by atoms with Crippen LogP contribution in [0.15, 0.2) is 24.3 Å². The molecule has 0 aromatic heterocycles. The van der Waals surface area contributed by atoms with Gasteiger partial charge >= 0.3 is 6.18 Å². The smallest absolute Gasteiger partial charge is 0.378 e. The second-order valence-electron chi connectivity index (χ2n) is 5.55. The summed E-state index contributed by atoms with van der Waals surface area (Å²) in [5.74, 6) is -0.571. The minimum Gasteiger partial charge on any atom is -0.378 e. The number of carbonyl (C=O) groups excluding carboxylic acids is 1. The highest BCUT2D eigenvalue weighted by Crippen LogP contribution is 2.32. The third-order valence-corrected chi connectivity index (χ3v) is 3.89. The monoisotopic (exact) mass is 330 g/mol. The fraction of sp³-hybridized carbons (Fsp3) is 0.562. The zero-order valence-electron chi connectivity index (χ0n) is 12.8. The lowest BCUT2D eigenvalue weighted by Crippen LogP contribution is -2.41. The van der Waals surface area contributed by atoms with Crippen molar-refractivity contribution < 1.29 is 22.7 Å². The van der Waals surface area contributed by atoms with Crippen molar-refractivity contribution >= 4 is 5.91 Å². The largest absolute Gasteiger partial charge is 0.417 e. The molecule has 0 bridgehead atoms. The van der Waals surface area contributed by atoms with Crippen LogP contribution in [0.25, 0.3) is 0 Å². The van der Waals surface area contributed by atoms with Crippen LogP contribution in [0.4, 0.5) is 13.2 Å². The third-order valence-electron chi connectivity index (χ3n) is 3.89. The highest BCUT2D eigenvalue weighted by Gasteiger charge is 2.36. The summed E-state index contributed by atoms with van der Waals surface area (Å²) in [6.07, 6.45) is -2.45. The van der Waals surface area contributed by atoms with Gasteiger partial charge in [-0.05, 0) is 37.9 Å². The van der Waals surface area contributed by atoms with Gasteiger partial charge in [-0.3, -0.25) is 4.79 Å². The van der Waals surface area contributed by atoms with Crippen molar-refractivity contribution in [1.29, 1.82) is 0 Å². The van der Waals surface area contributed by atoms with Gasteiger partial charge in [0.2, 0.25) is 0 Å². The Morgan fingerprint density at radius 1 is 1.26 bits per heavy atom. The topological polar surface area (TPSA) is 55.6 Å². The number of hydrogen-bond donors (Lipinski definition) is 1. The van der Waals surface area contributed by atoms with Gasteiger partial charge in [-0.2, -0.15) is 13.2 Å². The van der Waals surface area contributed by atoms with E-state index in [4.69, 9.17) is 10.5 Å². The number of piperidine rings is 1. The van der Waals surface area contributed by atoms with Crippen LogP contribution in [0.2, 0.25) is 0 Å². The Bertz CT molecular complexity index is 526. The summed E-state index contributed by atoms with van der Waals surface area (Å²) < 4.78 is 44.7. The van der Waals surface area contributed by atoms with Crippen LogP contribution in [0.3, 0.4) is 0 Å². The lowest BCUT2D eigenvalue weighted by atomic mass is 10.0. The van der Waals surface area contributed by atoms with Gasteiger partial charge in [-0.1, -0.05) is 12.1 Å². The number of likely N-dealkylation sites (tertiary alicyclic amines) is 1. The first-order valence-electron chi connectivity index (χ1n) is 7.70. The first-order chi connectivity index (χ1) is 10.9. The number of hydrogen-bond acceptors (Lipinski definition) is 3. The molecule has 1 saturated heterocycles. The molecule has 1 amide bonds. The quantitative estimate of drug-likeness (QED) is 0.845. The van der Waals surface area contributed by atoms with E-state index >= 15 is 0 Å². The van der Waals surface area contributed by atoms with E-state index in [2.05, 4.69) is 0 Å². The van der Waals surface area contributed by atoms with E-state index < -0.39 is 17.6 Å². The molecule has 1 aliphatic rings. The van der Waals surface area contributed by atoms with Gasteiger partial charge in [0.05, 0.1) is 17.2 Å². The fourth-order valence-corrected chi connectivity index (χ4v) is 2.65. The van der Waals surface area contributed by atoms with Gasteiger partial charge in [0, 0.05) is 19.7 Å². The fourth-order valence-electron chi connectivity index (χ4n) is 2.65. The minimum atomic E-state index is -4.53. The first kappa shape index (κ1) is 17.7. The van der Waals surface area contributed by atoms with E-state index in [-0.39, 0.29) is 11.7 Å². The van der Waals surface area contributed by atoms with Crippen molar-refractivity contribution in [1.82, 2.24) is 4.90 Å². The summed E-state index contributed by atoms with van der Waals surface area (Å²) >= 11 is 0. The van der Waals surface area contributed by atoms with Crippen LogP contribution in [0.1, 0.15) is 35.2 Å². The average Bonchev–Trinajstić information content (AvgIpc) is 2.54. The standard InChI is InChI=1S/C16H21F3N2O2/c17-16(18,19)14-5-2-1-4-13(14)15(22)21-9-6-12(7-10-21)23-11-3-8-20/h1-2,4-5,12H,3,6-11,20H2. The summed E-state index contributed by atoms with van der Waals surface area (Å²) in [6, 6.07) is 4.91. The summed E-state index contributed by atoms with van der Waals surface area (Å²) in [7, 11) is 0. The van der Waals surface area contributed by atoms with Gasteiger partial charge in [-0.15, -0.1) is 0 Å². The van der Waals surface area contributed by atoms with Gasteiger partial charge in [0.15, 0.2) is 0 Å². The Morgan fingerprint density at radius 3 is 2.52 bits per heavy atom. The molecular weight excluding hydrogens is 309 g/mol. The van der Waals surface area contributed by atoms with E-state index in [9.17, 15) is 18.0 Å². The lowest BCUT2D eigenvalue weighted by molar-refractivity contribution is -0.138. The van der Waals surface area contributed by atoms with Crippen LogP contribution >= 0.6 is 0 Å². The average molecular weight is 330 g/mol. The number of carbonyl (C=O) groups is 1. The summed E-state index contributed by atoms with van der Waals surface area (Å²) in [6.45, 7) is 1.94. The van der Waals surface area contributed by atoms with Crippen LogP contribution < -0.4 is 5.73 Å². The number of benzene rings is 1. The van der Waals surface area contributed by atoms with Gasteiger partial charge in [0.25, 0.3) is 5.91 Å². The number of alkyl halides is 3. The maximum Gasteiger partial charge on any atom is 0.417 e. The number of nitrogens with two attached hydrogens (primary N) is 1. The molecule has 1 aromatic rings. The molecule has 2 rings (SSSR count). The molecule has 1 heterocycles. The molecule has 1 fully saturated rings. The highest BCUT2D eigenvalue weighted by molar-refractivity contribution is 5.96. The second kappa shape index (κ2) is 7.79. The van der Waals surface area contributed by atoms with Crippen molar-refractivity contribution in [3.8, 4) is 0 Å². The molecule has 23 heavy (non-hydrogen) atoms. The number of rotatable bonds is 5. The molecular formula is C16H21F3N2O2. The molecule has 1 aliphatic heterocycles. The lowest BCUT2D eigenvalue weighted by Gasteiger charge is -2.32. The molecule has 0 aliphatic carbocycles. The summed E-state index contributed by atoms with van der Waals surface area (Å²) in [5.41, 5.74) is 4.22. The zero-order valence-corrected chi connectivity index (χ0v) is 12.8. The number of amides is 1. The molecule has 1 aromatic carbocycles. The Morgan fingerprint density at radius 2 is 1.91 bits per heavy atom. The predicted molar refractivity (Wildman–Crippen MR) is 80.0 cm³/mol. The van der Waals surface area contributed by atoms with Gasteiger partial charge in [0.1, 0.15) is 0 Å². The minimum absolute atomic E-state index is 0.0449. The SMILES string of the molecule is NCCCOC1CCN(C(=O)c2ccccc2C(F)(F)F)CC1. The van der Waals surface area contributed by atoms with E-state index in [0.717, 1.165) is 12.5 Å². The van der Waals surface area contributed by atoms with E-state index in [0.29, 0.717) is 39.1 Å². The highest BCUT2D eigenvalue weighted by atomic mass is 19.4. The maximum atomic E-state index is 13.0. The van der Waals surface area contributed by atoms with Crippen molar-refractivity contribution in [2.45, 2.75) is 31.5 Å². The molecule has 0 unspecified atom stereocenters. The molecule has 128 valence electrons.